The fourth-order valence-electron chi connectivity index (χ4n) is 2.60. The van der Waals surface area contributed by atoms with Gasteiger partial charge in [0.05, 0.1) is 0 Å². The van der Waals surface area contributed by atoms with Crippen molar-refractivity contribution in [1.82, 2.24) is 10.6 Å². The van der Waals surface area contributed by atoms with Crippen molar-refractivity contribution in [2.75, 3.05) is 11.9 Å². The highest BCUT2D eigenvalue weighted by atomic mass is 16.2. The second-order valence-electron chi connectivity index (χ2n) is 6.48. The first-order chi connectivity index (χ1) is 13.8. The second-order valence-corrected chi connectivity index (χ2v) is 6.48. The van der Waals surface area contributed by atoms with Crippen molar-refractivity contribution in [2.24, 2.45) is 5.73 Å². The molecule has 1 atom stereocenters. The molecule has 0 aromatic heterocycles. The van der Waals surface area contributed by atoms with E-state index >= 15 is 0 Å². The molecule has 0 fully saturated rings. The van der Waals surface area contributed by atoms with Crippen LogP contribution in [0.1, 0.15) is 29.3 Å². The molecular formula is C21H24N4O4. The summed E-state index contributed by atoms with van der Waals surface area (Å²) in [6.07, 6.45) is 0.290. The molecule has 4 amide bonds. The number of carbonyl (C=O) groups is 4. The molecule has 2 aromatic rings. The average Bonchev–Trinajstić information content (AvgIpc) is 2.68. The van der Waals surface area contributed by atoms with Crippen LogP contribution in [0, 0.1) is 0 Å². The maximum Gasteiger partial charge on any atom is 0.319 e. The van der Waals surface area contributed by atoms with E-state index in [4.69, 9.17) is 5.73 Å². The molecule has 29 heavy (non-hydrogen) atoms. The fraction of sp³-hybridized carbons (Fsp3) is 0.238. The largest absolute Gasteiger partial charge is 0.370 e. The summed E-state index contributed by atoms with van der Waals surface area (Å²) < 4.78 is 0. The lowest BCUT2D eigenvalue weighted by atomic mass is 10.1. The van der Waals surface area contributed by atoms with E-state index in [-0.39, 0.29) is 25.2 Å². The molecule has 5 N–H and O–H groups in total. The molecule has 0 spiro atoms. The Balaban J connectivity index is 2.02. The van der Waals surface area contributed by atoms with Crippen LogP contribution in [0.5, 0.6) is 0 Å². The molecule has 2 aromatic carbocycles. The number of ketones is 1. The van der Waals surface area contributed by atoms with Crippen LogP contribution in [0.2, 0.25) is 0 Å². The van der Waals surface area contributed by atoms with Gasteiger partial charge in [0.1, 0.15) is 6.04 Å². The molecule has 0 aliphatic rings. The Morgan fingerprint density at radius 3 is 2.21 bits per heavy atom. The molecule has 8 nitrogen and oxygen atoms in total. The number of hydrogen-bond donors (Lipinski definition) is 4. The van der Waals surface area contributed by atoms with Gasteiger partial charge in [-0.2, -0.15) is 0 Å². The number of carbonyl (C=O) groups excluding carboxylic acids is 4. The first-order valence-electron chi connectivity index (χ1n) is 9.13. The fourth-order valence-corrected chi connectivity index (χ4v) is 2.60. The van der Waals surface area contributed by atoms with Crippen molar-refractivity contribution < 1.29 is 19.2 Å². The summed E-state index contributed by atoms with van der Waals surface area (Å²) in [6, 6.07) is 14.3. The zero-order chi connectivity index (χ0) is 21.2. The van der Waals surface area contributed by atoms with E-state index in [0.717, 1.165) is 5.56 Å². The average molecular weight is 396 g/mol. The second kappa shape index (κ2) is 10.6. The minimum atomic E-state index is -0.846. The van der Waals surface area contributed by atoms with Gasteiger partial charge in [0, 0.05) is 30.6 Å². The predicted molar refractivity (Wildman–Crippen MR) is 109 cm³/mol. The molecule has 0 aliphatic heterocycles. The lowest BCUT2D eigenvalue weighted by molar-refractivity contribution is -0.123. The highest BCUT2D eigenvalue weighted by molar-refractivity contribution is 5.96. The summed E-state index contributed by atoms with van der Waals surface area (Å²) in [6.45, 7) is 1.55. The molecule has 0 saturated carbocycles. The summed E-state index contributed by atoms with van der Waals surface area (Å²) in [5.74, 6) is -1.02. The summed E-state index contributed by atoms with van der Waals surface area (Å²) >= 11 is 0. The van der Waals surface area contributed by atoms with Crippen LogP contribution in [0.25, 0.3) is 0 Å². The van der Waals surface area contributed by atoms with Crippen LogP contribution in [0.15, 0.2) is 54.6 Å². The van der Waals surface area contributed by atoms with Crippen LogP contribution in [0.3, 0.4) is 0 Å². The molecule has 0 unspecified atom stereocenters. The molecule has 0 bridgehead atoms. The van der Waals surface area contributed by atoms with Gasteiger partial charge in [-0.3, -0.25) is 14.4 Å². The number of nitrogens with two attached hydrogens (primary N) is 1. The van der Waals surface area contributed by atoms with Gasteiger partial charge < -0.3 is 21.7 Å². The van der Waals surface area contributed by atoms with E-state index in [1.165, 1.54) is 6.92 Å². The number of hydrogen-bond acceptors (Lipinski definition) is 4. The number of Topliss-reactive ketones (excluding diaryl/α,β-unsaturated/α-hetero) is 1. The van der Waals surface area contributed by atoms with Crippen LogP contribution < -0.4 is 21.7 Å². The van der Waals surface area contributed by atoms with E-state index in [2.05, 4.69) is 16.0 Å². The zero-order valence-corrected chi connectivity index (χ0v) is 16.1. The Morgan fingerprint density at radius 2 is 1.62 bits per heavy atom. The van der Waals surface area contributed by atoms with Crippen LogP contribution >= 0.6 is 0 Å². The first-order valence-corrected chi connectivity index (χ1v) is 9.13. The summed E-state index contributed by atoms with van der Waals surface area (Å²) in [5.41, 5.74) is 6.97. The number of amides is 4. The number of nitrogens with one attached hydrogen (secondary N) is 3. The maximum absolute atomic E-state index is 12.5. The lowest BCUT2D eigenvalue weighted by Crippen LogP contribution is -2.49. The van der Waals surface area contributed by atoms with Crippen molar-refractivity contribution in [2.45, 2.75) is 25.8 Å². The smallest absolute Gasteiger partial charge is 0.319 e. The quantitative estimate of drug-likeness (QED) is 0.480. The standard InChI is InChI=1S/C21H24N4O4/c1-14(26)16-7-9-17(10-8-16)24-21(29)25-18(13-15-5-3-2-4-6-15)20(28)23-12-11-19(22)27/h2-10,18H,11-13H2,1H3,(H2,22,27)(H,23,28)(H2,24,25,29)/t18-/m0/s1. The summed E-state index contributed by atoms with van der Waals surface area (Å²) in [5, 5.41) is 7.89. The van der Waals surface area contributed by atoms with Crippen LogP contribution in [-0.2, 0) is 16.0 Å². The highest BCUT2D eigenvalue weighted by Crippen LogP contribution is 2.10. The topological polar surface area (TPSA) is 130 Å². The molecule has 8 heteroatoms. The third-order valence-corrected chi connectivity index (χ3v) is 4.12. The molecule has 0 radical (unpaired) electrons. The van der Waals surface area contributed by atoms with Crippen molar-refractivity contribution in [3.63, 3.8) is 0 Å². The maximum atomic E-state index is 12.5. The number of rotatable bonds is 9. The minimum absolute atomic E-state index is 0.0124. The number of primary amides is 1. The Labute approximate surface area is 168 Å². The third kappa shape index (κ3) is 7.45. The monoisotopic (exact) mass is 396 g/mol. The SMILES string of the molecule is CC(=O)c1ccc(NC(=O)N[C@@H](Cc2ccccc2)C(=O)NCCC(N)=O)cc1. The predicted octanol–water partition coefficient (Wildman–Crippen LogP) is 1.61. The van der Waals surface area contributed by atoms with Gasteiger partial charge in [-0.1, -0.05) is 30.3 Å². The van der Waals surface area contributed by atoms with Gasteiger partial charge in [0.2, 0.25) is 11.8 Å². The number of anilines is 1. The van der Waals surface area contributed by atoms with Gasteiger partial charge in [0.25, 0.3) is 0 Å². The van der Waals surface area contributed by atoms with Gasteiger partial charge >= 0.3 is 6.03 Å². The summed E-state index contributed by atoms with van der Waals surface area (Å²) in [7, 11) is 0. The van der Waals surface area contributed by atoms with E-state index < -0.39 is 23.9 Å². The van der Waals surface area contributed by atoms with E-state index in [0.29, 0.717) is 11.3 Å². The summed E-state index contributed by atoms with van der Waals surface area (Å²) in [4.78, 5) is 47.1. The van der Waals surface area contributed by atoms with Crippen molar-refractivity contribution in [1.29, 1.82) is 0 Å². The third-order valence-electron chi connectivity index (χ3n) is 4.12. The Hall–Kier alpha value is -3.68. The van der Waals surface area contributed by atoms with Crippen LogP contribution in [0.4, 0.5) is 10.5 Å². The highest BCUT2D eigenvalue weighted by Gasteiger charge is 2.21. The van der Waals surface area contributed by atoms with Crippen LogP contribution in [-0.4, -0.2) is 36.2 Å². The molecular weight excluding hydrogens is 372 g/mol. The molecule has 2 rings (SSSR count). The van der Waals surface area contributed by atoms with E-state index in [1.807, 2.05) is 30.3 Å². The number of benzene rings is 2. The molecule has 0 saturated heterocycles. The van der Waals surface area contributed by atoms with E-state index in [1.54, 1.807) is 24.3 Å². The first kappa shape index (κ1) is 21.6. The Bertz CT molecular complexity index is 866. The Kier molecular flexibility index (Phi) is 7.90. The van der Waals surface area contributed by atoms with Gasteiger partial charge in [0.15, 0.2) is 5.78 Å². The van der Waals surface area contributed by atoms with Crippen molar-refractivity contribution in [3.05, 3.63) is 65.7 Å². The van der Waals surface area contributed by atoms with Gasteiger partial charge in [-0.15, -0.1) is 0 Å². The zero-order valence-electron chi connectivity index (χ0n) is 16.1. The van der Waals surface area contributed by atoms with E-state index in [9.17, 15) is 19.2 Å². The Morgan fingerprint density at radius 1 is 0.966 bits per heavy atom. The normalized spacial score (nSPS) is 11.2. The van der Waals surface area contributed by atoms with Crippen molar-refractivity contribution >= 4 is 29.3 Å². The van der Waals surface area contributed by atoms with Gasteiger partial charge in [-0.05, 0) is 36.8 Å². The minimum Gasteiger partial charge on any atom is -0.370 e. The lowest BCUT2D eigenvalue weighted by Gasteiger charge is -2.19. The van der Waals surface area contributed by atoms with Gasteiger partial charge in [-0.25, -0.2) is 4.79 Å². The molecule has 152 valence electrons. The molecule has 0 heterocycles. The number of urea groups is 1. The molecule has 0 aliphatic carbocycles. The van der Waals surface area contributed by atoms with Crippen molar-refractivity contribution in [3.8, 4) is 0 Å².